The summed E-state index contributed by atoms with van der Waals surface area (Å²) >= 11 is 0. The molecule has 0 spiro atoms. The van der Waals surface area contributed by atoms with Crippen molar-refractivity contribution >= 4 is 23.3 Å². The molecule has 4 atom stereocenters. The van der Waals surface area contributed by atoms with E-state index in [-0.39, 0.29) is 30.6 Å². The number of carbonyl (C=O) groups is 2. The van der Waals surface area contributed by atoms with Crippen LogP contribution in [-0.4, -0.2) is 85.6 Å². The van der Waals surface area contributed by atoms with E-state index >= 15 is 0 Å². The topological polar surface area (TPSA) is 113 Å². The average molecular weight is 647 g/mol. The Morgan fingerprint density at radius 2 is 1.74 bits per heavy atom. The molecule has 4 rings (SSSR count). The van der Waals surface area contributed by atoms with Gasteiger partial charge in [-0.15, -0.1) is 0 Å². The molecule has 0 radical (unpaired) electrons. The molecule has 47 heavy (non-hydrogen) atoms. The molecular weight excluding hydrogens is 596 g/mol. The van der Waals surface area contributed by atoms with Crippen LogP contribution in [0.15, 0.2) is 72.8 Å². The number of hydrogen-bond acceptors (Lipinski definition) is 7. The van der Waals surface area contributed by atoms with Crippen molar-refractivity contribution in [3.63, 3.8) is 0 Å². The number of ether oxygens (including phenoxy) is 3. The van der Waals surface area contributed by atoms with Gasteiger partial charge in [-0.2, -0.15) is 0 Å². The van der Waals surface area contributed by atoms with Crippen LogP contribution in [0.4, 0.5) is 16.2 Å². The maximum absolute atomic E-state index is 14.4. The number of likely N-dealkylation sites (N-methyl/N-ethyl adjacent to an activating group) is 1. The fraction of sp³-hybridized carbons (Fsp3) is 0.459. The maximum Gasteiger partial charge on any atom is 0.323 e. The Kier molecular flexibility index (Phi) is 13.5. The first-order valence-corrected chi connectivity index (χ1v) is 16.5. The van der Waals surface area contributed by atoms with Crippen molar-refractivity contribution in [2.75, 3.05) is 51.1 Å². The Labute approximate surface area is 279 Å². The van der Waals surface area contributed by atoms with Crippen molar-refractivity contribution in [2.45, 2.75) is 64.8 Å². The van der Waals surface area contributed by atoms with Gasteiger partial charge in [0.05, 0.1) is 37.5 Å². The highest BCUT2D eigenvalue weighted by atomic mass is 16.5. The summed E-state index contributed by atoms with van der Waals surface area (Å²) in [5.41, 5.74) is 2.58. The van der Waals surface area contributed by atoms with E-state index in [2.05, 4.69) is 41.6 Å². The van der Waals surface area contributed by atoms with E-state index < -0.39 is 12.1 Å². The van der Waals surface area contributed by atoms with Crippen molar-refractivity contribution < 1.29 is 28.9 Å². The maximum atomic E-state index is 14.4. The quantitative estimate of drug-likeness (QED) is 0.251. The van der Waals surface area contributed by atoms with Gasteiger partial charge in [0.2, 0.25) is 0 Å². The Morgan fingerprint density at radius 3 is 2.45 bits per heavy atom. The molecule has 0 aromatic heterocycles. The van der Waals surface area contributed by atoms with E-state index in [1.54, 1.807) is 54.5 Å². The number of aliphatic hydroxyl groups is 1. The van der Waals surface area contributed by atoms with Gasteiger partial charge in [0.25, 0.3) is 5.91 Å². The predicted octanol–water partition coefficient (Wildman–Crippen LogP) is 6.27. The Balaban J connectivity index is 1.57. The lowest BCUT2D eigenvalue weighted by atomic mass is 10.0. The zero-order valence-corrected chi connectivity index (χ0v) is 28.3. The zero-order chi connectivity index (χ0) is 33.8. The van der Waals surface area contributed by atoms with Crippen LogP contribution in [0, 0.1) is 5.92 Å². The van der Waals surface area contributed by atoms with Crippen LogP contribution in [0.2, 0.25) is 0 Å². The summed E-state index contributed by atoms with van der Waals surface area (Å²) in [4.78, 5) is 31.2. The standard InChI is InChI=1S/C37H50N4O6/c1-26-22-41(27(2)25-42)36(43)33-21-31(39-37(44)38-30-14-17-32(45-5)18-15-30)16-19-34(33)47-28(3)11-9-10-20-46-35(26)24-40(4)23-29-12-7-6-8-13-29/h6-8,12-19,21,26-28,35,42H,9-11,20,22-25H2,1-5H3,(H2,38,39,44)/t26-,27+,28+,35-/m0/s1. The van der Waals surface area contributed by atoms with Gasteiger partial charge >= 0.3 is 6.03 Å². The van der Waals surface area contributed by atoms with E-state index in [4.69, 9.17) is 14.2 Å². The smallest absolute Gasteiger partial charge is 0.323 e. The van der Waals surface area contributed by atoms with Crippen molar-refractivity contribution in [1.82, 2.24) is 9.80 Å². The van der Waals surface area contributed by atoms with Crippen molar-refractivity contribution in [3.8, 4) is 11.5 Å². The molecule has 0 saturated carbocycles. The second-order valence-electron chi connectivity index (χ2n) is 12.5. The van der Waals surface area contributed by atoms with E-state index in [1.165, 1.54) is 5.56 Å². The van der Waals surface area contributed by atoms with Gasteiger partial charge in [0.1, 0.15) is 11.5 Å². The summed E-state index contributed by atoms with van der Waals surface area (Å²) < 4.78 is 18.0. The number of aliphatic hydroxyl groups excluding tert-OH is 1. The van der Waals surface area contributed by atoms with Gasteiger partial charge in [-0.25, -0.2) is 4.79 Å². The second kappa shape index (κ2) is 17.7. The summed E-state index contributed by atoms with van der Waals surface area (Å²) in [6, 6.07) is 21.5. The number of anilines is 2. The van der Waals surface area contributed by atoms with Gasteiger partial charge in [0.15, 0.2) is 0 Å². The minimum Gasteiger partial charge on any atom is -0.497 e. The third-order valence-corrected chi connectivity index (χ3v) is 8.44. The van der Waals surface area contributed by atoms with Crippen LogP contribution in [0.5, 0.6) is 11.5 Å². The number of hydrogen-bond donors (Lipinski definition) is 3. The van der Waals surface area contributed by atoms with Crippen molar-refractivity contribution in [3.05, 3.63) is 83.9 Å². The van der Waals surface area contributed by atoms with E-state index in [0.29, 0.717) is 48.1 Å². The number of amides is 3. The number of carbonyl (C=O) groups excluding carboxylic acids is 2. The molecule has 1 aliphatic rings. The number of benzene rings is 3. The molecule has 0 fully saturated rings. The Bertz CT molecular complexity index is 1420. The molecule has 3 aromatic carbocycles. The molecule has 0 unspecified atom stereocenters. The summed E-state index contributed by atoms with van der Waals surface area (Å²) in [7, 11) is 3.67. The number of nitrogens with zero attached hydrogens (tertiary/aromatic N) is 2. The summed E-state index contributed by atoms with van der Waals surface area (Å²) in [6.45, 7) is 8.19. The highest BCUT2D eigenvalue weighted by Crippen LogP contribution is 2.29. The Morgan fingerprint density at radius 1 is 1.04 bits per heavy atom. The number of urea groups is 1. The lowest BCUT2D eigenvalue weighted by molar-refractivity contribution is -0.0177. The molecule has 10 heteroatoms. The number of methoxy groups -OCH3 is 1. The molecule has 1 heterocycles. The average Bonchev–Trinajstić information content (AvgIpc) is 3.06. The van der Waals surface area contributed by atoms with Crippen LogP contribution in [0.1, 0.15) is 56.0 Å². The molecule has 254 valence electrons. The first-order chi connectivity index (χ1) is 22.7. The van der Waals surface area contributed by atoms with Gasteiger partial charge < -0.3 is 34.9 Å². The Hall–Kier alpha value is -4.12. The fourth-order valence-electron chi connectivity index (χ4n) is 5.70. The summed E-state index contributed by atoms with van der Waals surface area (Å²) in [5.74, 6) is 0.809. The van der Waals surface area contributed by atoms with Crippen LogP contribution >= 0.6 is 0 Å². The van der Waals surface area contributed by atoms with Gasteiger partial charge in [0, 0.05) is 43.5 Å². The number of rotatable bonds is 9. The van der Waals surface area contributed by atoms with Gasteiger partial charge in [-0.1, -0.05) is 37.3 Å². The van der Waals surface area contributed by atoms with Gasteiger partial charge in [-0.05, 0) is 88.2 Å². The lowest BCUT2D eigenvalue weighted by Crippen LogP contribution is -2.47. The lowest BCUT2D eigenvalue weighted by Gasteiger charge is -2.36. The molecular formula is C37H50N4O6. The predicted molar refractivity (Wildman–Crippen MR) is 185 cm³/mol. The number of nitrogens with one attached hydrogen (secondary N) is 2. The highest BCUT2D eigenvalue weighted by Gasteiger charge is 2.30. The summed E-state index contributed by atoms with van der Waals surface area (Å²) in [5, 5.41) is 15.9. The van der Waals surface area contributed by atoms with E-state index in [0.717, 1.165) is 25.8 Å². The van der Waals surface area contributed by atoms with Gasteiger partial charge in [-0.3, -0.25) is 9.69 Å². The molecule has 0 aliphatic carbocycles. The SMILES string of the molecule is COc1ccc(NC(=O)Nc2ccc3c(c2)C(=O)N([C@H](C)CO)C[C@H](C)[C@H](CN(C)Cc2ccccc2)OCCCC[C@@H](C)O3)cc1. The minimum atomic E-state index is -0.458. The third-order valence-electron chi connectivity index (χ3n) is 8.44. The molecule has 0 saturated heterocycles. The molecule has 0 bridgehead atoms. The van der Waals surface area contributed by atoms with Crippen LogP contribution in [0.25, 0.3) is 0 Å². The summed E-state index contributed by atoms with van der Waals surface area (Å²) in [6.07, 6.45) is 2.34. The fourth-order valence-corrected chi connectivity index (χ4v) is 5.70. The highest BCUT2D eigenvalue weighted by molar-refractivity contribution is 6.02. The first kappa shape index (κ1) is 35.7. The largest absolute Gasteiger partial charge is 0.497 e. The molecule has 3 amide bonds. The molecule has 3 aromatic rings. The molecule has 10 nitrogen and oxygen atoms in total. The third kappa shape index (κ3) is 10.7. The molecule has 1 aliphatic heterocycles. The monoisotopic (exact) mass is 646 g/mol. The van der Waals surface area contributed by atoms with Crippen LogP contribution < -0.4 is 20.1 Å². The van der Waals surface area contributed by atoms with E-state index in [9.17, 15) is 14.7 Å². The van der Waals surface area contributed by atoms with Crippen LogP contribution in [0.3, 0.4) is 0 Å². The van der Waals surface area contributed by atoms with Crippen molar-refractivity contribution in [1.29, 1.82) is 0 Å². The minimum absolute atomic E-state index is 0.0333. The zero-order valence-electron chi connectivity index (χ0n) is 28.3. The number of fused-ring (bicyclic) bond motifs is 1. The van der Waals surface area contributed by atoms with E-state index in [1.807, 2.05) is 32.0 Å². The second-order valence-corrected chi connectivity index (χ2v) is 12.5. The normalized spacial score (nSPS) is 20.0. The molecule has 3 N–H and O–H groups in total. The van der Waals surface area contributed by atoms with Crippen molar-refractivity contribution in [2.24, 2.45) is 5.92 Å². The van der Waals surface area contributed by atoms with Crippen LogP contribution in [-0.2, 0) is 11.3 Å². The first-order valence-electron chi connectivity index (χ1n) is 16.5.